The molecule has 0 aliphatic carbocycles. The van der Waals surface area contributed by atoms with E-state index in [2.05, 4.69) is 0 Å². The van der Waals surface area contributed by atoms with E-state index in [0.717, 1.165) is 21.8 Å². The maximum atomic E-state index is 13.2. The Balaban J connectivity index is 2.13. The maximum absolute atomic E-state index is 13.2. The number of rotatable bonds is 5. The van der Waals surface area contributed by atoms with E-state index < -0.39 is 11.9 Å². The zero-order chi connectivity index (χ0) is 20.4. The summed E-state index contributed by atoms with van der Waals surface area (Å²) in [5.41, 5.74) is 1.22. The third kappa shape index (κ3) is 3.88. The van der Waals surface area contributed by atoms with Crippen molar-refractivity contribution in [2.45, 2.75) is 19.9 Å². The van der Waals surface area contributed by atoms with Crippen LogP contribution in [0, 0.1) is 0 Å². The predicted octanol–water partition coefficient (Wildman–Crippen LogP) is 5.53. The Kier molecular flexibility index (Phi) is 5.72. The number of benzene rings is 2. The van der Waals surface area contributed by atoms with Crippen molar-refractivity contribution in [3.63, 3.8) is 0 Å². The second kappa shape index (κ2) is 8.04. The largest absolute Gasteiger partial charge is 0.507 e. The molecule has 0 atom stereocenters. The normalized spacial score (nSPS) is 10.9. The van der Waals surface area contributed by atoms with Gasteiger partial charge in [0.1, 0.15) is 10.6 Å². The number of aromatic hydroxyl groups is 1. The summed E-state index contributed by atoms with van der Waals surface area (Å²) in [5.74, 6) is -1.86. The number of halogens is 1. The predicted molar refractivity (Wildman–Crippen MR) is 112 cm³/mol. The second-order valence-corrected chi connectivity index (χ2v) is 7.92. The van der Waals surface area contributed by atoms with Gasteiger partial charge in [-0.05, 0) is 43.7 Å². The molecule has 0 fully saturated rings. The van der Waals surface area contributed by atoms with Crippen molar-refractivity contribution in [2.24, 2.45) is 0 Å². The van der Waals surface area contributed by atoms with E-state index in [1.54, 1.807) is 19.9 Å². The number of carbonyl (C=O) groups is 2. The van der Waals surface area contributed by atoms with Crippen LogP contribution in [0.3, 0.4) is 0 Å². The van der Waals surface area contributed by atoms with Crippen molar-refractivity contribution in [2.75, 3.05) is 4.90 Å². The lowest BCUT2D eigenvalue weighted by Crippen LogP contribution is -2.37. The van der Waals surface area contributed by atoms with E-state index in [9.17, 15) is 19.8 Å². The average molecular weight is 416 g/mol. The van der Waals surface area contributed by atoms with Crippen LogP contribution in [0.15, 0.2) is 54.6 Å². The lowest BCUT2D eigenvalue weighted by Gasteiger charge is -2.27. The minimum absolute atomic E-state index is 0.0573. The van der Waals surface area contributed by atoms with Crippen molar-refractivity contribution in [1.29, 1.82) is 0 Å². The van der Waals surface area contributed by atoms with Gasteiger partial charge in [0.25, 0.3) is 5.91 Å². The lowest BCUT2D eigenvalue weighted by molar-refractivity contribution is 0.0703. The van der Waals surface area contributed by atoms with Crippen molar-refractivity contribution >= 4 is 40.5 Å². The number of thiophene rings is 1. The van der Waals surface area contributed by atoms with Crippen molar-refractivity contribution < 1.29 is 19.8 Å². The highest BCUT2D eigenvalue weighted by molar-refractivity contribution is 7.18. The highest BCUT2D eigenvalue weighted by Gasteiger charge is 2.29. The van der Waals surface area contributed by atoms with Gasteiger partial charge in [0, 0.05) is 15.9 Å². The molecule has 0 saturated heterocycles. The highest BCUT2D eigenvalue weighted by atomic mass is 35.5. The van der Waals surface area contributed by atoms with Crippen LogP contribution in [0.4, 0.5) is 5.69 Å². The molecule has 28 heavy (non-hydrogen) atoms. The summed E-state index contributed by atoms with van der Waals surface area (Å²) in [5, 5.41) is 20.2. The molecule has 3 rings (SSSR count). The third-order valence-corrected chi connectivity index (χ3v) is 5.55. The molecule has 2 aromatic carbocycles. The number of phenolic OH excluding ortho intramolecular Hbond substituents is 1. The molecule has 0 aliphatic rings. The molecule has 0 aliphatic heterocycles. The standard InChI is InChI=1S/C21H18ClNO4S/c1-12(2)23(20(25)15-9-8-14(22)10-17(15)24)16-11-18(28-19(16)21(26)27)13-6-4-3-5-7-13/h3-12,24H,1-2H3,(H,26,27). The first-order chi connectivity index (χ1) is 13.3. The van der Waals surface area contributed by atoms with Gasteiger partial charge >= 0.3 is 5.97 Å². The molecule has 7 heteroatoms. The molecule has 0 bridgehead atoms. The molecule has 0 radical (unpaired) electrons. The number of carboxylic acid groups (broad SMARTS) is 1. The number of carboxylic acids is 1. The van der Waals surface area contributed by atoms with E-state index in [1.807, 2.05) is 30.3 Å². The second-order valence-electron chi connectivity index (χ2n) is 6.43. The van der Waals surface area contributed by atoms with Crippen molar-refractivity contribution in [3.05, 3.63) is 70.1 Å². The van der Waals surface area contributed by atoms with Gasteiger partial charge in [-0.25, -0.2) is 4.79 Å². The summed E-state index contributed by atoms with van der Waals surface area (Å²) >= 11 is 6.97. The molecule has 1 aromatic heterocycles. The molecular weight excluding hydrogens is 398 g/mol. The van der Waals surface area contributed by atoms with Gasteiger partial charge < -0.3 is 15.1 Å². The first-order valence-electron chi connectivity index (χ1n) is 8.54. The van der Waals surface area contributed by atoms with E-state index in [1.165, 1.54) is 23.1 Å². The van der Waals surface area contributed by atoms with Crippen LogP contribution in [0.2, 0.25) is 5.02 Å². The summed E-state index contributed by atoms with van der Waals surface area (Å²) in [6.45, 7) is 3.58. The summed E-state index contributed by atoms with van der Waals surface area (Å²) in [6, 6.07) is 15.0. The smallest absolute Gasteiger partial charge is 0.348 e. The number of amides is 1. The molecule has 0 saturated carbocycles. The number of aromatic carboxylic acids is 1. The minimum Gasteiger partial charge on any atom is -0.507 e. The Morgan fingerprint density at radius 3 is 2.32 bits per heavy atom. The SMILES string of the molecule is CC(C)N(C(=O)c1ccc(Cl)cc1O)c1cc(-c2ccccc2)sc1C(=O)O. The Morgan fingerprint density at radius 2 is 1.75 bits per heavy atom. The quantitative estimate of drug-likeness (QED) is 0.574. The van der Waals surface area contributed by atoms with Crippen LogP contribution < -0.4 is 4.90 Å². The van der Waals surface area contributed by atoms with Crippen LogP contribution in [0.5, 0.6) is 5.75 Å². The summed E-state index contributed by atoms with van der Waals surface area (Å²) in [6.07, 6.45) is 0. The Labute approximate surface area is 171 Å². The first-order valence-corrected chi connectivity index (χ1v) is 9.73. The summed E-state index contributed by atoms with van der Waals surface area (Å²) in [7, 11) is 0. The monoisotopic (exact) mass is 415 g/mol. The fourth-order valence-corrected chi connectivity index (χ4v) is 4.06. The fourth-order valence-electron chi connectivity index (χ4n) is 2.90. The molecule has 1 heterocycles. The van der Waals surface area contributed by atoms with Gasteiger partial charge in [0.15, 0.2) is 0 Å². The topological polar surface area (TPSA) is 77.8 Å². The lowest BCUT2D eigenvalue weighted by atomic mass is 10.1. The van der Waals surface area contributed by atoms with E-state index >= 15 is 0 Å². The van der Waals surface area contributed by atoms with Crippen LogP contribution >= 0.6 is 22.9 Å². The molecule has 1 amide bonds. The third-order valence-electron chi connectivity index (χ3n) is 4.15. The van der Waals surface area contributed by atoms with Crippen LogP contribution in [-0.4, -0.2) is 28.1 Å². The van der Waals surface area contributed by atoms with Crippen molar-refractivity contribution in [1.82, 2.24) is 0 Å². The van der Waals surface area contributed by atoms with Gasteiger partial charge in [-0.1, -0.05) is 41.9 Å². The molecular formula is C21H18ClNO4S. The van der Waals surface area contributed by atoms with E-state index in [4.69, 9.17) is 11.6 Å². The Hall–Kier alpha value is -2.83. The first kappa shape index (κ1) is 19.9. The summed E-state index contributed by atoms with van der Waals surface area (Å²) < 4.78 is 0. The van der Waals surface area contributed by atoms with Crippen LogP contribution in [-0.2, 0) is 0 Å². The molecule has 0 spiro atoms. The molecule has 3 aromatic rings. The number of hydrogen-bond acceptors (Lipinski definition) is 4. The summed E-state index contributed by atoms with van der Waals surface area (Å²) in [4.78, 5) is 27.2. The van der Waals surface area contributed by atoms with E-state index in [-0.39, 0.29) is 22.2 Å². The maximum Gasteiger partial charge on any atom is 0.348 e. The van der Waals surface area contributed by atoms with E-state index in [0.29, 0.717) is 10.7 Å². The zero-order valence-electron chi connectivity index (χ0n) is 15.2. The number of phenols is 1. The minimum atomic E-state index is -1.11. The molecule has 0 unspecified atom stereocenters. The Bertz CT molecular complexity index is 1030. The van der Waals surface area contributed by atoms with Gasteiger partial charge in [0.05, 0.1) is 11.3 Å². The van der Waals surface area contributed by atoms with Crippen LogP contribution in [0.1, 0.15) is 33.9 Å². The molecule has 144 valence electrons. The highest BCUT2D eigenvalue weighted by Crippen LogP contribution is 2.39. The van der Waals surface area contributed by atoms with Crippen molar-refractivity contribution in [3.8, 4) is 16.2 Å². The fraction of sp³-hybridized carbons (Fsp3) is 0.143. The number of nitrogens with zero attached hydrogens (tertiary/aromatic N) is 1. The molecule has 2 N–H and O–H groups in total. The van der Waals surface area contributed by atoms with Gasteiger partial charge in [-0.15, -0.1) is 11.3 Å². The number of carbonyl (C=O) groups excluding carboxylic acids is 1. The zero-order valence-corrected chi connectivity index (χ0v) is 16.8. The average Bonchev–Trinajstić information content (AvgIpc) is 3.07. The molecule has 5 nitrogen and oxygen atoms in total. The van der Waals surface area contributed by atoms with Crippen LogP contribution in [0.25, 0.3) is 10.4 Å². The number of anilines is 1. The Morgan fingerprint density at radius 1 is 1.07 bits per heavy atom. The number of hydrogen-bond donors (Lipinski definition) is 2. The van der Waals surface area contributed by atoms with Gasteiger partial charge in [-0.3, -0.25) is 4.79 Å². The van der Waals surface area contributed by atoms with Gasteiger partial charge in [0.2, 0.25) is 0 Å². The van der Waals surface area contributed by atoms with Gasteiger partial charge in [-0.2, -0.15) is 0 Å².